The van der Waals surface area contributed by atoms with Gasteiger partial charge in [0.2, 0.25) is 11.8 Å². The summed E-state index contributed by atoms with van der Waals surface area (Å²) in [5.74, 6) is -2.16. The maximum absolute atomic E-state index is 13.6. The molecule has 4 saturated heterocycles. The molecule has 0 saturated carbocycles. The molecule has 4 fully saturated rings. The lowest BCUT2D eigenvalue weighted by molar-refractivity contribution is -0.166. The number of hydrogen-bond acceptors (Lipinski definition) is 4. The van der Waals surface area contributed by atoms with Crippen molar-refractivity contribution in [1.82, 2.24) is 20.0 Å². The second-order valence-corrected chi connectivity index (χ2v) is 9.29. The lowest BCUT2D eigenvalue weighted by Gasteiger charge is -2.52. The number of piperidine rings is 2. The molecule has 1 aromatic carbocycles. The van der Waals surface area contributed by atoms with E-state index in [0.717, 1.165) is 5.56 Å². The van der Waals surface area contributed by atoms with Crippen LogP contribution in [0.3, 0.4) is 0 Å². The van der Waals surface area contributed by atoms with Crippen molar-refractivity contribution in [1.29, 1.82) is 0 Å². The van der Waals surface area contributed by atoms with Gasteiger partial charge in [-0.3, -0.25) is 19.3 Å². The Hall–Kier alpha value is -2.61. The van der Waals surface area contributed by atoms with Crippen molar-refractivity contribution in [3.63, 3.8) is 0 Å². The van der Waals surface area contributed by atoms with Crippen LogP contribution in [0.2, 0.25) is 0 Å². The number of benzene rings is 1. The molecule has 1 aromatic rings. The normalized spacial score (nSPS) is 31.0. The van der Waals surface area contributed by atoms with Gasteiger partial charge in [-0.05, 0) is 11.5 Å². The minimum atomic E-state index is -1.68. The summed E-state index contributed by atoms with van der Waals surface area (Å²) < 4.78 is 0. The van der Waals surface area contributed by atoms with E-state index >= 15 is 0 Å². The molecule has 8 nitrogen and oxygen atoms in total. The second kappa shape index (κ2) is 7.27. The molecule has 1 N–H and O–H groups in total. The summed E-state index contributed by atoms with van der Waals surface area (Å²) in [7, 11) is 1.65. The van der Waals surface area contributed by atoms with Crippen molar-refractivity contribution < 1.29 is 19.2 Å². The van der Waals surface area contributed by atoms with Gasteiger partial charge in [-0.15, -0.1) is 0 Å². The number of rotatable bonds is 4. The topological polar surface area (TPSA) is 90.0 Å². The van der Waals surface area contributed by atoms with Crippen molar-refractivity contribution in [3.05, 3.63) is 35.9 Å². The van der Waals surface area contributed by atoms with Gasteiger partial charge in [0, 0.05) is 26.6 Å². The molecule has 4 aliphatic rings. The summed E-state index contributed by atoms with van der Waals surface area (Å²) >= 11 is 6.52. The van der Waals surface area contributed by atoms with Gasteiger partial charge in [0.25, 0.3) is 5.91 Å². The smallest absolute Gasteiger partial charge is 0.326 e. The second-order valence-electron chi connectivity index (χ2n) is 8.65. The molecule has 1 unspecified atom stereocenters. The van der Waals surface area contributed by atoms with Crippen molar-refractivity contribution >= 4 is 35.4 Å². The molecule has 0 radical (unpaired) electrons. The molecule has 0 aliphatic carbocycles. The van der Waals surface area contributed by atoms with E-state index in [1.807, 2.05) is 44.2 Å². The molecule has 160 valence electrons. The summed E-state index contributed by atoms with van der Waals surface area (Å²) in [5.41, 5.74) is 0.828. The van der Waals surface area contributed by atoms with Crippen LogP contribution in [-0.4, -0.2) is 69.1 Å². The number of nitrogens with one attached hydrogen (secondary N) is 1. The number of amides is 5. The fourth-order valence-corrected chi connectivity index (χ4v) is 5.02. The van der Waals surface area contributed by atoms with E-state index < -0.39 is 34.7 Å². The Kier molecular flexibility index (Phi) is 5.00. The van der Waals surface area contributed by atoms with Gasteiger partial charge < -0.3 is 15.1 Å². The number of hydrogen-bond donors (Lipinski definition) is 1. The van der Waals surface area contributed by atoms with Crippen LogP contribution in [-0.2, 0) is 20.9 Å². The number of carbonyl (C=O) groups excluding carboxylic acids is 4. The first-order valence-corrected chi connectivity index (χ1v) is 10.5. The van der Waals surface area contributed by atoms with Gasteiger partial charge in [-0.1, -0.05) is 55.8 Å². The van der Waals surface area contributed by atoms with Crippen LogP contribution in [0, 0.1) is 11.8 Å². The van der Waals surface area contributed by atoms with E-state index in [0.29, 0.717) is 6.54 Å². The van der Waals surface area contributed by atoms with Crippen LogP contribution in [0.25, 0.3) is 0 Å². The Morgan fingerprint density at radius 3 is 2.53 bits per heavy atom. The number of urea groups is 1. The minimum absolute atomic E-state index is 0.0355. The highest BCUT2D eigenvalue weighted by atomic mass is 35.5. The molecule has 0 aromatic heterocycles. The SMILES string of the molecule is CC(C)C1CN(C)C(=O)N1C(=O)[C@H]1C[C@@]2(Cl)NC(=O)[C@@H]1N(Cc1ccccc1)C2=O. The highest BCUT2D eigenvalue weighted by Crippen LogP contribution is 2.41. The number of carbonyl (C=O) groups is 4. The average molecular weight is 433 g/mol. The number of halogens is 1. The van der Waals surface area contributed by atoms with Gasteiger partial charge in [0.05, 0.1) is 12.0 Å². The van der Waals surface area contributed by atoms with E-state index in [-0.39, 0.29) is 31.0 Å². The van der Waals surface area contributed by atoms with Gasteiger partial charge in [0.15, 0.2) is 5.00 Å². The quantitative estimate of drug-likeness (QED) is 0.575. The number of imide groups is 1. The standard InChI is InChI=1S/C21H25ClN4O4/c1-12(2)15-11-24(3)20(30)26(15)18(28)14-9-21(22)19(29)25(16(14)17(27)23-21)10-13-7-5-4-6-8-13/h4-8,12,14-16H,9-11H2,1-3H3,(H,23,27)/t14-,15?,16+,21+/m0/s1. The van der Waals surface area contributed by atoms with Crippen LogP contribution in [0.15, 0.2) is 30.3 Å². The summed E-state index contributed by atoms with van der Waals surface area (Å²) in [5, 5.41) is 2.56. The molecule has 2 bridgehead atoms. The third-order valence-electron chi connectivity index (χ3n) is 6.25. The summed E-state index contributed by atoms with van der Waals surface area (Å²) in [6, 6.07) is 7.56. The highest BCUT2D eigenvalue weighted by Gasteiger charge is 2.62. The minimum Gasteiger partial charge on any atom is -0.328 e. The van der Waals surface area contributed by atoms with E-state index in [1.54, 1.807) is 7.05 Å². The third kappa shape index (κ3) is 3.14. The van der Waals surface area contributed by atoms with Crippen LogP contribution >= 0.6 is 11.6 Å². The number of nitrogens with zero attached hydrogens (tertiary/aromatic N) is 3. The van der Waals surface area contributed by atoms with E-state index in [4.69, 9.17) is 11.6 Å². The third-order valence-corrected chi connectivity index (χ3v) is 6.66. The Balaban J connectivity index is 1.68. The number of fused-ring (bicyclic) bond motifs is 3. The highest BCUT2D eigenvalue weighted by molar-refractivity contribution is 6.37. The Bertz CT molecular complexity index is 908. The molecule has 4 aliphatic heterocycles. The predicted octanol–water partition coefficient (Wildman–Crippen LogP) is 1.39. The van der Waals surface area contributed by atoms with E-state index in [2.05, 4.69) is 5.32 Å². The molecule has 9 heteroatoms. The monoisotopic (exact) mass is 432 g/mol. The zero-order valence-electron chi connectivity index (χ0n) is 17.2. The molecular weight excluding hydrogens is 408 g/mol. The van der Waals surface area contributed by atoms with Crippen molar-refractivity contribution in [2.24, 2.45) is 11.8 Å². The molecular formula is C21H25ClN4O4. The van der Waals surface area contributed by atoms with Gasteiger partial charge in [-0.2, -0.15) is 0 Å². The Morgan fingerprint density at radius 2 is 1.90 bits per heavy atom. The molecule has 30 heavy (non-hydrogen) atoms. The van der Waals surface area contributed by atoms with E-state index in [1.165, 1.54) is 14.7 Å². The fourth-order valence-electron chi connectivity index (χ4n) is 4.66. The lowest BCUT2D eigenvalue weighted by Crippen LogP contribution is -2.76. The Labute approximate surface area is 180 Å². The zero-order chi connectivity index (χ0) is 21.8. The molecule has 4 atom stereocenters. The van der Waals surface area contributed by atoms with Gasteiger partial charge >= 0.3 is 6.03 Å². The fraction of sp³-hybridized carbons (Fsp3) is 0.524. The summed E-state index contributed by atoms with van der Waals surface area (Å²) in [6.07, 6.45) is -0.0355. The average Bonchev–Trinajstić information content (AvgIpc) is 3.00. The van der Waals surface area contributed by atoms with Crippen molar-refractivity contribution in [2.45, 2.75) is 43.9 Å². The largest absolute Gasteiger partial charge is 0.328 e. The molecule has 0 spiro atoms. The maximum atomic E-state index is 13.6. The number of alkyl halides is 1. The first-order valence-electron chi connectivity index (χ1n) is 10.1. The lowest BCUT2D eigenvalue weighted by atomic mass is 9.79. The molecule has 4 heterocycles. The summed E-state index contributed by atoms with van der Waals surface area (Å²) in [6.45, 7) is 4.50. The molecule has 5 amide bonds. The maximum Gasteiger partial charge on any atom is 0.326 e. The van der Waals surface area contributed by atoms with E-state index in [9.17, 15) is 19.2 Å². The number of piperazine rings is 1. The predicted molar refractivity (Wildman–Crippen MR) is 109 cm³/mol. The van der Waals surface area contributed by atoms with Gasteiger partial charge in [0.1, 0.15) is 6.04 Å². The summed E-state index contributed by atoms with van der Waals surface area (Å²) in [4.78, 5) is 54.6. The van der Waals surface area contributed by atoms with Crippen LogP contribution in [0.1, 0.15) is 25.8 Å². The molecule has 5 rings (SSSR count). The van der Waals surface area contributed by atoms with Crippen LogP contribution in [0.4, 0.5) is 4.79 Å². The van der Waals surface area contributed by atoms with Crippen molar-refractivity contribution in [3.8, 4) is 0 Å². The first-order chi connectivity index (χ1) is 14.1. The van der Waals surface area contributed by atoms with Crippen LogP contribution < -0.4 is 5.32 Å². The van der Waals surface area contributed by atoms with Crippen molar-refractivity contribution in [2.75, 3.05) is 13.6 Å². The number of likely N-dealkylation sites (N-methyl/N-ethyl adjacent to an activating group) is 1. The zero-order valence-corrected chi connectivity index (χ0v) is 17.9. The first kappa shape index (κ1) is 20.7. The van der Waals surface area contributed by atoms with Crippen LogP contribution in [0.5, 0.6) is 0 Å². The van der Waals surface area contributed by atoms with Gasteiger partial charge in [-0.25, -0.2) is 4.79 Å². The Morgan fingerprint density at radius 1 is 1.23 bits per heavy atom.